The van der Waals surface area contributed by atoms with E-state index in [1.807, 2.05) is 5.38 Å². The molecule has 0 radical (unpaired) electrons. The summed E-state index contributed by atoms with van der Waals surface area (Å²) in [6.07, 6.45) is 0. The fraction of sp³-hybridized carbons (Fsp3) is 0.429. The van der Waals surface area contributed by atoms with Crippen LogP contribution in [0.3, 0.4) is 0 Å². The Balaban J connectivity index is 2.17. The average Bonchev–Trinajstić information content (AvgIpc) is 2.10. The number of halogens is 1. The third-order valence-electron chi connectivity index (χ3n) is 1.77. The SMILES string of the molecule is Clc1csc(C2CNC2)c1. The molecule has 0 atom stereocenters. The Morgan fingerprint density at radius 2 is 2.40 bits per heavy atom. The summed E-state index contributed by atoms with van der Waals surface area (Å²) in [5.74, 6) is 0.734. The van der Waals surface area contributed by atoms with Crippen molar-refractivity contribution in [1.29, 1.82) is 0 Å². The van der Waals surface area contributed by atoms with E-state index in [1.54, 1.807) is 11.3 Å². The second-order valence-corrected chi connectivity index (χ2v) is 3.90. The molecule has 1 aromatic heterocycles. The van der Waals surface area contributed by atoms with Crippen LogP contribution < -0.4 is 5.32 Å². The highest BCUT2D eigenvalue weighted by atomic mass is 35.5. The van der Waals surface area contributed by atoms with Gasteiger partial charge in [0.05, 0.1) is 5.02 Å². The van der Waals surface area contributed by atoms with Crippen LogP contribution in [0.4, 0.5) is 0 Å². The minimum Gasteiger partial charge on any atom is -0.315 e. The first-order chi connectivity index (χ1) is 4.86. The van der Waals surface area contributed by atoms with Gasteiger partial charge in [0.15, 0.2) is 0 Å². The van der Waals surface area contributed by atoms with Crippen molar-refractivity contribution in [1.82, 2.24) is 5.32 Å². The van der Waals surface area contributed by atoms with Gasteiger partial charge in [-0.05, 0) is 6.07 Å². The lowest BCUT2D eigenvalue weighted by Crippen LogP contribution is -2.39. The molecule has 1 aliphatic rings. The fourth-order valence-corrected chi connectivity index (χ4v) is 2.22. The minimum absolute atomic E-state index is 0.734. The van der Waals surface area contributed by atoms with Crippen molar-refractivity contribution < 1.29 is 0 Å². The van der Waals surface area contributed by atoms with Gasteiger partial charge in [-0.25, -0.2) is 0 Å². The van der Waals surface area contributed by atoms with E-state index in [1.165, 1.54) is 4.88 Å². The van der Waals surface area contributed by atoms with Crippen LogP contribution in [0.5, 0.6) is 0 Å². The van der Waals surface area contributed by atoms with E-state index in [0.717, 1.165) is 24.0 Å². The first-order valence-corrected chi connectivity index (χ1v) is 4.56. The summed E-state index contributed by atoms with van der Waals surface area (Å²) in [7, 11) is 0. The molecule has 3 heteroatoms. The number of nitrogens with one attached hydrogen (secondary N) is 1. The average molecular weight is 174 g/mol. The summed E-state index contributed by atoms with van der Waals surface area (Å²) < 4.78 is 0. The molecule has 1 aliphatic heterocycles. The van der Waals surface area contributed by atoms with Crippen LogP contribution in [0.25, 0.3) is 0 Å². The Morgan fingerprint density at radius 1 is 1.60 bits per heavy atom. The lowest BCUT2D eigenvalue weighted by molar-refractivity contribution is 0.454. The number of hydrogen-bond donors (Lipinski definition) is 1. The zero-order chi connectivity index (χ0) is 6.97. The van der Waals surface area contributed by atoms with Gasteiger partial charge in [0.1, 0.15) is 0 Å². The second-order valence-electron chi connectivity index (χ2n) is 2.52. The van der Waals surface area contributed by atoms with Crippen molar-refractivity contribution in [3.63, 3.8) is 0 Å². The van der Waals surface area contributed by atoms with Gasteiger partial charge in [0.25, 0.3) is 0 Å². The second kappa shape index (κ2) is 2.53. The Kier molecular flexibility index (Phi) is 1.68. The standard InChI is InChI=1S/C7H8ClNS/c8-6-1-7(10-4-6)5-2-9-3-5/h1,4-5,9H,2-3H2. The van der Waals surface area contributed by atoms with Gasteiger partial charge in [0, 0.05) is 29.3 Å². The van der Waals surface area contributed by atoms with E-state index in [-0.39, 0.29) is 0 Å². The molecule has 1 nitrogen and oxygen atoms in total. The summed E-state index contributed by atoms with van der Waals surface area (Å²) in [6, 6.07) is 2.07. The van der Waals surface area contributed by atoms with E-state index in [2.05, 4.69) is 11.4 Å². The van der Waals surface area contributed by atoms with Crippen LogP contribution in [0.15, 0.2) is 11.4 Å². The highest BCUT2D eigenvalue weighted by molar-refractivity contribution is 7.10. The van der Waals surface area contributed by atoms with Crippen LogP contribution in [0.1, 0.15) is 10.8 Å². The number of hydrogen-bond acceptors (Lipinski definition) is 2. The first-order valence-electron chi connectivity index (χ1n) is 3.31. The summed E-state index contributed by atoms with van der Waals surface area (Å²) in [4.78, 5) is 1.42. The summed E-state index contributed by atoms with van der Waals surface area (Å²) in [5.41, 5.74) is 0. The molecule has 10 heavy (non-hydrogen) atoms. The molecule has 0 saturated carbocycles. The van der Waals surface area contributed by atoms with Crippen molar-refractivity contribution in [3.05, 3.63) is 21.3 Å². The number of thiophene rings is 1. The van der Waals surface area contributed by atoms with Gasteiger partial charge in [-0.2, -0.15) is 0 Å². The van der Waals surface area contributed by atoms with Gasteiger partial charge >= 0.3 is 0 Å². The van der Waals surface area contributed by atoms with Gasteiger partial charge in [-0.1, -0.05) is 11.6 Å². The molecule has 0 unspecified atom stereocenters. The summed E-state index contributed by atoms with van der Waals surface area (Å²) >= 11 is 7.54. The van der Waals surface area contributed by atoms with Gasteiger partial charge in [-0.3, -0.25) is 0 Å². The Labute approximate surface area is 69.0 Å². The predicted molar refractivity (Wildman–Crippen MR) is 44.9 cm³/mol. The maximum Gasteiger partial charge on any atom is 0.0515 e. The van der Waals surface area contributed by atoms with Crippen molar-refractivity contribution >= 4 is 22.9 Å². The molecule has 1 fully saturated rings. The van der Waals surface area contributed by atoms with E-state index < -0.39 is 0 Å². The van der Waals surface area contributed by atoms with Crippen molar-refractivity contribution in [2.24, 2.45) is 0 Å². The third kappa shape index (κ3) is 1.07. The Hall–Kier alpha value is -0.0500. The van der Waals surface area contributed by atoms with E-state index >= 15 is 0 Å². The van der Waals surface area contributed by atoms with Crippen LogP contribution in [-0.2, 0) is 0 Å². The minimum atomic E-state index is 0.734. The van der Waals surface area contributed by atoms with E-state index in [0.29, 0.717) is 0 Å². The largest absolute Gasteiger partial charge is 0.315 e. The normalized spacial score (nSPS) is 18.9. The van der Waals surface area contributed by atoms with Gasteiger partial charge < -0.3 is 5.32 Å². The zero-order valence-electron chi connectivity index (χ0n) is 5.43. The summed E-state index contributed by atoms with van der Waals surface area (Å²) in [6.45, 7) is 2.24. The Bertz CT molecular complexity index is 229. The molecule has 0 aliphatic carbocycles. The molecule has 2 rings (SSSR count). The number of rotatable bonds is 1. The lowest BCUT2D eigenvalue weighted by atomic mass is 10.0. The molecule has 1 aromatic rings. The van der Waals surface area contributed by atoms with Crippen LogP contribution in [0.2, 0.25) is 5.02 Å². The first kappa shape index (κ1) is 6.65. The highest BCUT2D eigenvalue weighted by Gasteiger charge is 2.19. The Morgan fingerprint density at radius 3 is 2.80 bits per heavy atom. The predicted octanol–water partition coefficient (Wildman–Crippen LogP) is 2.09. The van der Waals surface area contributed by atoms with Crippen LogP contribution >= 0.6 is 22.9 Å². The van der Waals surface area contributed by atoms with Gasteiger partial charge in [0.2, 0.25) is 0 Å². The molecule has 0 spiro atoms. The van der Waals surface area contributed by atoms with E-state index in [9.17, 15) is 0 Å². The molecule has 1 N–H and O–H groups in total. The van der Waals surface area contributed by atoms with Crippen LogP contribution in [-0.4, -0.2) is 13.1 Å². The van der Waals surface area contributed by atoms with Gasteiger partial charge in [-0.15, -0.1) is 11.3 Å². The molecule has 0 aromatic carbocycles. The monoisotopic (exact) mass is 173 g/mol. The maximum atomic E-state index is 5.78. The topological polar surface area (TPSA) is 12.0 Å². The molecular weight excluding hydrogens is 166 g/mol. The highest BCUT2D eigenvalue weighted by Crippen LogP contribution is 2.28. The lowest BCUT2D eigenvalue weighted by Gasteiger charge is -2.25. The molecule has 54 valence electrons. The quantitative estimate of drug-likeness (QED) is 0.686. The molecule has 0 bridgehead atoms. The third-order valence-corrected chi connectivity index (χ3v) is 3.21. The molecule has 1 saturated heterocycles. The van der Waals surface area contributed by atoms with Crippen molar-refractivity contribution in [3.8, 4) is 0 Å². The molecule has 0 amide bonds. The van der Waals surface area contributed by atoms with Crippen LogP contribution in [0, 0.1) is 0 Å². The molecular formula is C7H8ClNS. The maximum absolute atomic E-state index is 5.78. The smallest absolute Gasteiger partial charge is 0.0515 e. The zero-order valence-corrected chi connectivity index (χ0v) is 7.00. The molecule has 2 heterocycles. The van der Waals surface area contributed by atoms with Crippen molar-refractivity contribution in [2.45, 2.75) is 5.92 Å². The van der Waals surface area contributed by atoms with E-state index in [4.69, 9.17) is 11.6 Å². The van der Waals surface area contributed by atoms with Crippen molar-refractivity contribution in [2.75, 3.05) is 13.1 Å². The summed E-state index contributed by atoms with van der Waals surface area (Å²) in [5, 5.41) is 6.11. The fourth-order valence-electron chi connectivity index (χ4n) is 1.03.